The highest BCUT2D eigenvalue weighted by atomic mass is 16.6. The SMILES string of the molecule is N=O.O=[N+]([O-])c1ccnc2ccccc12. The Bertz CT molecular complexity index is 481. The molecule has 0 aliphatic rings. The van der Waals surface area contributed by atoms with Crippen LogP contribution in [0.25, 0.3) is 10.9 Å². The zero-order chi connectivity index (χ0) is 11.3. The molecule has 2 rings (SSSR count). The van der Waals surface area contributed by atoms with Crippen LogP contribution in [-0.2, 0) is 0 Å². The summed E-state index contributed by atoms with van der Waals surface area (Å²) >= 11 is 0. The van der Waals surface area contributed by atoms with Crippen molar-refractivity contribution in [3.05, 3.63) is 51.6 Å². The Labute approximate surface area is 84.5 Å². The van der Waals surface area contributed by atoms with Gasteiger partial charge in [0.25, 0.3) is 5.69 Å². The summed E-state index contributed by atoms with van der Waals surface area (Å²) in [5.74, 6) is 0. The number of nitrogens with one attached hydrogen (secondary N) is 1. The molecule has 0 aliphatic carbocycles. The molecule has 0 spiro atoms. The predicted octanol–water partition coefficient (Wildman–Crippen LogP) is 2.47. The van der Waals surface area contributed by atoms with Crippen molar-refractivity contribution in [1.82, 2.24) is 4.98 Å². The van der Waals surface area contributed by atoms with Crippen molar-refractivity contribution in [2.24, 2.45) is 0 Å². The van der Waals surface area contributed by atoms with Gasteiger partial charge in [0.15, 0.2) is 0 Å². The maximum Gasteiger partial charge on any atom is 0.280 e. The summed E-state index contributed by atoms with van der Waals surface area (Å²) in [5, 5.41) is 11.2. The first-order chi connectivity index (χ1) is 7.29. The molecule has 0 unspecified atom stereocenters. The molecule has 0 radical (unpaired) electrons. The molecule has 6 nitrogen and oxygen atoms in total. The number of benzene rings is 1. The van der Waals surface area contributed by atoms with Crippen LogP contribution in [0.2, 0.25) is 0 Å². The van der Waals surface area contributed by atoms with E-state index in [2.05, 4.69) is 10.6 Å². The number of para-hydroxylation sites is 1. The summed E-state index contributed by atoms with van der Waals surface area (Å²) in [5.41, 5.74) is 5.25. The number of hydrogen-bond acceptors (Lipinski definition) is 5. The number of aromatic nitrogens is 1. The van der Waals surface area contributed by atoms with Gasteiger partial charge in [-0.05, 0) is 12.1 Å². The molecule has 76 valence electrons. The van der Waals surface area contributed by atoms with Crippen molar-refractivity contribution in [2.75, 3.05) is 0 Å². The summed E-state index contributed by atoms with van der Waals surface area (Å²) in [6.07, 6.45) is 1.44. The van der Waals surface area contributed by atoms with Crippen molar-refractivity contribution in [3.8, 4) is 0 Å². The molecule has 0 atom stereocenters. The average Bonchev–Trinajstić information content (AvgIpc) is 2.31. The van der Waals surface area contributed by atoms with Crippen molar-refractivity contribution in [2.45, 2.75) is 0 Å². The maximum absolute atomic E-state index is 10.6. The van der Waals surface area contributed by atoms with E-state index in [0.29, 0.717) is 10.9 Å². The average molecular weight is 205 g/mol. The largest absolute Gasteiger partial charge is 0.280 e. The summed E-state index contributed by atoms with van der Waals surface area (Å²) in [7, 11) is 0. The molecule has 0 bridgehead atoms. The number of fused-ring (bicyclic) bond motifs is 1. The van der Waals surface area contributed by atoms with E-state index in [1.807, 2.05) is 0 Å². The van der Waals surface area contributed by atoms with E-state index in [1.165, 1.54) is 12.3 Å². The van der Waals surface area contributed by atoms with E-state index in [-0.39, 0.29) is 5.69 Å². The highest BCUT2D eigenvalue weighted by molar-refractivity contribution is 5.87. The number of nitro groups is 1. The van der Waals surface area contributed by atoms with Gasteiger partial charge in [-0.15, -0.1) is 0 Å². The summed E-state index contributed by atoms with van der Waals surface area (Å²) in [4.78, 5) is 21.7. The smallest absolute Gasteiger partial charge is 0.258 e. The molecule has 1 aromatic carbocycles. The minimum atomic E-state index is -0.399. The first-order valence-corrected chi connectivity index (χ1v) is 3.97. The van der Waals surface area contributed by atoms with Gasteiger partial charge in [0.2, 0.25) is 0 Å². The first-order valence-electron chi connectivity index (χ1n) is 3.97. The minimum absolute atomic E-state index is 0.102. The molecule has 15 heavy (non-hydrogen) atoms. The molecule has 0 aliphatic heterocycles. The van der Waals surface area contributed by atoms with Gasteiger partial charge in [-0.1, -0.05) is 17.7 Å². The van der Waals surface area contributed by atoms with Crippen LogP contribution < -0.4 is 0 Å². The lowest BCUT2D eigenvalue weighted by atomic mass is 10.2. The van der Waals surface area contributed by atoms with E-state index in [1.54, 1.807) is 24.3 Å². The van der Waals surface area contributed by atoms with Gasteiger partial charge in [0, 0.05) is 12.3 Å². The van der Waals surface area contributed by atoms with Crippen LogP contribution in [0.4, 0.5) is 5.69 Å². The second-order valence-electron chi connectivity index (χ2n) is 2.60. The van der Waals surface area contributed by atoms with Crippen LogP contribution in [0.1, 0.15) is 0 Å². The Morgan fingerprint density at radius 2 is 1.87 bits per heavy atom. The minimum Gasteiger partial charge on any atom is -0.258 e. The molecule has 0 amide bonds. The normalized spacial score (nSPS) is 9.07. The van der Waals surface area contributed by atoms with Gasteiger partial charge in [-0.25, -0.2) is 0 Å². The van der Waals surface area contributed by atoms with Crippen molar-refractivity contribution >= 4 is 16.6 Å². The second kappa shape index (κ2) is 4.75. The Hall–Kier alpha value is -2.37. The molecule has 2 aromatic rings. The summed E-state index contributed by atoms with van der Waals surface area (Å²) < 4.78 is 0. The molecule has 6 heteroatoms. The van der Waals surface area contributed by atoms with Crippen LogP contribution in [0.3, 0.4) is 0 Å². The molecule has 0 saturated carbocycles. The number of pyridine rings is 1. The van der Waals surface area contributed by atoms with E-state index in [9.17, 15) is 10.1 Å². The van der Waals surface area contributed by atoms with Crippen LogP contribution in [0.15, 0.2) is 36.5 Å². The van der Waals surface area contributed by atoms with Crippen LogP contribution in [-0.4, -0.2) is 9.91 Å². The fourth-order valence-electron chi connectivity index (χ4n) is 1.24. The predicted molar refractivity (Wildman–Crippen MR) is 54.5 cm³/mol. The van der Waals surface area contributed by atoms with Crippen LogP contribution in [0, 0.1) is 20.6 Å². The van der Waals surface area contributed by atoms with E-state index >= 15 is 0 Å². The maximum atomic E-state index is 10.6. The molecular weight excluding hydrogens is 198 g/mol. The summed E-state index contributed by atoms with van der Waals surface area (Å²) in [6, 6.07) is 8.42. The molecule has 0 fully saturated rings. The molecule has 1 heterocycles. The third-order valence-electron chi connectivity index (χ3n) is 1.82. The number of rotatable bonds is 1. The Balaban J connectivity index is 0.000000531. The van der Waals surface area contributed by atoms with E-state index in [4.69, 9.17) is 4.91 Å². The lowest BCUT2D eigenvalue weighted by Gasteiger charge is -1.96. The van der Waals surface area contributed by atoms with Gasteiger partial charge in [0.1, 0.15) is 0 Å². The van der Waals surface area contributed by atoms with Gasteiger partial charge in [0.05, 0.1) is 15.8 Å². The van der Waals surface area contributed by atoms with Gasteiger partial charge >= 0.3 is 0 Å². The van der Waals surface area contributed by atoms with Crippen LogP contribution in [0.5, 0.6) is 0 Å². The highest BCUT2D eigenvalue weighted by Gasteiger charge is 2.09. The lowest BCUT2D eigenvalue weighted by Crippen LogP contribution is -1.90. The van der Waals surface area contributed by atoms with Crippen LogP contribution >= 0.6 is 0 Å². The highest BCUT2D eigenvalue weighted by Crippen LogP contribution is 2.22. The molecular formula is C9H7N3O3. The molecule has 1 aromatic heterocycles. The van der Waals surface area contributed by atoms with Gasteiger partial charge in [-0.3, -0.25) is 15.1 Å². The Morgan fingerprint density at radius 1 is 1.20 bits per heavy atom. The fourth-order valence-corrected chi connectivity index (χ4v) is 1.24. The molecule has 0 saturated heterocycles. The lowest BCUT2D eigenvalue weighted by molar-refractivity contribution is -0.383. The fraction of sp³-hybridized carbons (Fsp3) is 0. The standard InChI is InChI=1S/C9H6N2O2.HNO/c12-11(13)9-5-6-10-8-4-2-1-3-7(8)9;1-2/h1-6H;1H. The van der Waals surface area contributed by atoms with Gasteiger partial charge in [-0.2, -0.15) is 4.91 Å². The third-order valence-corrected chi connectivity index (χ3v) is 1.82. The van der Waals surface area contributed by atoms with Crippen molar-refractivity contribution in [1.29, 1.82) is 5.59 Å². The number of nitrogens with zero attached hydrogens (tertiary/aromatic N) is 2. The topological polar surface area (TPSA) is 97.0 Å². The zero-order valence-electron chi connectivity index (χ0n) is 7.58. The number of hydrogen-bond donors (Lipinski definition) is 1. The zero-order valence-corrected chi connectivity index (χ0v) is 7.58. The van der Waals surface area contributed by atoms with Gasteiger partial charge < -0.3 is 0 Å². The monoisotopic (exact) mass is 205 g/mol. The van der Waals surface area contributed by atoms with Crippen molar-refractivity contribution in [3.63, 3.8) is 0 Å². The second-order valence-corrected chi connectivity index (χ2v) is 2.60. The summed E-state index contributed by atoms with van der Waals surface area (Å²) in [6.45, 7) is 0. The third kappa shape index (κ3) is 2.11. The van der Waals surface area contributed by atoms with E-state index in [0.717, 1.165) is 0 Å². The van der Waals surface area contributed by atoms with Crippen molar-refractivity contribution < 1.29 is 4.92 Å². The first kappa shape index (κ1) is 10.7. The Morgan fingerprint density at radius 3 is 2.53 bits per heavy atom. The van der Waals surface area contributed by atoms with E-state index < -0.39 is 4.92 Å². The Kier molecular flexibility index (Phi) is 3.39. The number of nitroso groups, excluding NO2 is 1. The molecule has 1 N–H and O–H groups in total. The quantitative estimate of drug-likeness (QED) is 0.439.